The summed E-state index contributed by atoms with van der Waals surface area (Å²) in [5.74, 6) is 1.07. The van der Waals surface area contributed by atoms with E-state index < -0.39 is 0 Å². The molecule has 1 atom stereocenters. The van der Waals surface area contributed by atoms with Gasteiger partial charge in [0.15, 0.2) is 5.82 Å². The number of amides is 1. The molecule has 0 radical (unpaired) electrons. The van der Waals surface area contributed by atoms with Crippen molar-refractivity contribution in [3.05, 3.63) is 47.1 Å². The van der Waals surface area contributed by atoms with E-state index in [1.807, 2.05) is 57.1 Å². The normalized spacial score (nSPS) is 12.4. The lowest BCUT2D eigenvalue weighted by Gasteiger charge is -2.30. The smallest absolute Gasteiger partial charge is 0.244 e. The highest BCUT2D eigenvalue weighted by Crippen LogP contribution is 2.24. The minimum atomic E-state index is -0.329. The predicted octanol–water partition coefficient (Wildman–Crippen LogP) is 2.34. The van der Waals surface area contributed by atoms with E-state index in [0.29, 0.717) is 24.8 Å². The zero-order chi connectivity index (χ0) is 17.0. The molecule has 0 spiro atoms. The fourth-order valence-corrected chi connectivity index (χ4v) is 2.62. The Morgan fingerprint density at radius 1 is 1.26 bits per heavy atom. The van der Waals surface area contributed by atoms with Gasteiger partial charge >= 0.3 is 0 Å². The molecule has 0 aliphatic rings. The molecule has 0 saturated carbocycles. The molecular weight excluding hydrogens is 292 g/mol. The van der Waals surface area contributed by atoms with Crippen LogP contribution in [0.25, 0.3) is 0 Å². The Labute approximate surface area is 137 Å². The summed E-state index contributed by atoms with van der Waals surface area (Å²) in [6, 6.07) is 7.65. The van der Waals surface area contributed by atoms with Gasteiger partial charge in [-0.05, 0) is 39.1 Å². The quantitative estimate of drug-likeness (QED) is 0.818. The van der Waals surface area contributed by atoms with Crippen LogP contribution in [0, 0.1) is 13.8 Å². The summed E-state index contributed by atoms with van der Waals surface area (Å²) in [6.07, 6.45) is 0. The molecule has 124 valence electrons. The Hall–Kier alpha value is -2.21. The van der Waals surface area contributed by atoms with Crippen LogP contribution in [-0.2, 0) is 11.3 Å². The first kappa shape index (κ1) is 17.1. The van der Waals surface area contributed by atoms with Gasteiger partial charge < -0.3 is 9.42 Å². The third-order valence-corrected chi connectivity index (χ3v) is 3.83. The number of likely N-dealkylation sites (N-methyl/N-ethyl adjacent to an activating group) is 2. The van der Waals surface area contributed by atoms with E-state index in [4.69, 9.17) is 4.52 Å². The van der Waals surface area contributed by atoms with Gasteiger partial charge in [0.2, 0.25) is 11.8 Å². The van der Waals surface area contributed by atoms with Crippen molar-refractivity contribution in [2.75, 3.05) is 20.6 Å². The first-order valence-electron chi connectivity index (χ1n) is 7.74. The second-order valence-corrected chi connectivity index (χ2v) is 5.80. The molecule has 23 heavy (non-hydrogen) atoms. The van der Waals surface area contributed by atoms with Gasteiger partial charge in [0.25, 0.3) is 0 Å². The average molecular weight is 316 g/mol. The third-order valence-electron chi connectivity index (χ3n) is 3.83. The highest BCUT2D eigenvalue weighted by Gasteiger charge is 2.28. The van der Waals surface area contributed by atoms with Gasteiger partial charge in [-0.3, -0.25) is 9.69 Å². The van der Waals surface area contributed by atoms with Crippen LogP contribution in [0.2, 0.25) is 0 Å². The molecule has 0 fully saturated rings. The Morgan fingerprint density at radius 3 is 2.48 bits per heavy atom. The van der Waals surface area contributed by atoms with Crippen LogP contribution < -0.4 is 0 Å². The summed E-state index contributed by atoms with van der Waals surface area (Å²) >= 11 is 0. The summed E-state index contributed by atoms with van der Waals surface area (Å²) in [5.41, 5.74) is 2.12. The predicted molar refractivity (Wildman–Crippen MR) is 87.7 cm³/mol. The van der Waals surface area contributed by atoms with Crippen LogP contribution in [0.1, 0.15) is 35.8 Å². The minimum Gasteiger partial charge on any atom is -0.340 e. The number of hydrogen-bond donors (Lipinski definition) is 0. The monoisotopic (exact) mass is 316 g/mol. The van der Waals surface area contributed by atoms with Crippen LogP contribution in [0.4, 0.5) is 0 Å². The molecule has 0 unspecified atom stereocenters. The Balaban J connectivity index is 2.27. The molecule has 2 aromatic rings. The maximum absolute atomic E-state index is 13.1. The van der Waals surface area contributed by atoms with E-state index in [9.17, 15) is 4.79 Å². The maximum atomic E-state index is 13.1. The third kappa shape index (κ3) is 3.96. The number of benzene rings is 1. The van der Waals surface area contributed by atoms with Crippen LogP contribution >= 0.6 is 0 Å². The summed E-state index contributed by atoms with van der Waals surface area (Å²) in [4.78, 5) is 21.0. The number of carbonyl (C=O) groups is 1. The molecule has 0 saturated heterocycles. The van der Waals surface area contributed by atoms with Crippen molar-refractivity contribution in [3.63, 3.8) is 0 Å². The lowest BCUT2D eigenvalue weighted by molar-refractivity contribution is -0.137. The number of hydrogen-bond acceptors (Lipinski definition) is 5. The number of aryl methyl sites for hydroxylation is 2. The standard InChI is InChI=1S/C17H24N4O2/c1-6-21(11-15-18-13(3)23-19-15)17(22)16(20(4)5)14-10-8-7-9-12(14)2/h7-10,16H,6,11H2,1-5H3/t16-/m0/s1. The van der Waals surface area contributed by atoms with Crippen molar-refractivity contribution < 1.29 is 9.32 Å². The van der Waals surface area contributed by atoms with E-state index in [1.54, 1.807) is 11.8 Å². The number of nitrogens with zero attached hydrogens (tertiary/aromatic N) is 4. The van der Waals surface area contributed by atoms with Crippen molar-refractivity contribution in [1.29, 1.82) is 0 Å². The Kier molecular flexibility index (Phi) is 5.50. The molecular formula is C17H24N4O2. The van der Waals surface area contributed by atoms with Crippen LogP contribution in [0.15, 0.2) is 28.8 Å². The minimum absolute atomic E-state index is 0.0363. The van der Waals surface area contributed by atoms with Gasteiger partial charge in [0.05, 0.1) is 6.54 Å². The lowest BCUT2D eigenvalue weighted by Crippen LogP contribution is -2.40. The second kappa shape index (κ2) is 7.37. The van der Waals surface area contributed by atoms with Crippen molar-refractivity contribution in [2.45, 2.75) is 33.4 Å². The van der Waals surface area contributed by atoms with Crippen molar-refractivity contribution in [1.82, 2.24) is 19.9 Å². The van der Waals surface area contributed by atoms with Crippen molar-refractivity contribution in [2.24, 2.45) is 0 Å². The van der Waals surface area contributed by atoms with Gasteiger partial charge in [-0.15, -0.1) is 0 Å². The molecule has 6 nitrogen and oxygen atoms in total. The molecule has 0 aliphatic heterocycles. The van der Waals surface area contributed by atoms with Crippen LogP contribution in [0.3, 0.4) is 0 Å². The largest absolute Gasteiger partial charge is 0.340 e. The molecule has 0 N–H and O–H groups in total. The van der Waals surface area contributed by atoms with Crippen molar-refractivity contribution in [3.8, 4) is 0 Å². The summed E-state index contributed by atoms with van der Waals surface area (Å²) < 4.78 is 4.99. The number of carbonyl (C=O) groups excluding carboxylic acids is 1. The van der Waals surface area contributed by atoms with Crippen LogP contribution in [0.5, 0.6) is 0 Å². The second-order valence-electron chi connectivity index (χ2n) is 5.80. The zero-order valence-electron chi connectivity index (χ0n) is 14.4. The Morgan fingerprint density at radius 2 is 1.96 bits per heavy atom. The van der Waals surface area contributed by atoms with Crippen LogP contribution in [-0.4, -0.2) is 46.5 Å². The molecule has 6 heteroatoms. The topological polar surface area (TPSA) is 62.5 Å². The van der Waals surface area contributed by atoms with E-state index in [-0.39, 0.29) is 11.9 Å². The van der Waals surface area contributed by atoms with E-state index in [2.05, 4.69) is 10.1 Å². The zero-order valence-corrected chi connectivity index (χ0v) is 14.4. The molecule has 0 bridgehead atoms. The fourth-order valence-electron chi connectivity index (χ4n) is 2.62. The van der Waals surface area contributed by atoms with Gasteiger partial charge in [-0.2, -0.15) is 4.98 Å². The van der Waals surface area contributed by atoms with Gasteiger partial charge in [-0.1, -0.05) is 29.4 Å². The number of rotatable bonds is 6. The maximum Gasteiger partial charge on any atom is 0.244 e. The Bertz CT molecular complexity index is 666. The highest BCUT2D eigenvalue weighted by atomic mass is 16.5. The van der Waals surface area contributed by atoms with E-state index in [1.165, 1.54) is 0 Å². The first-order valence-corrected chi connectivity index (χ1v) is 7.74. The molecule has 1 aromatic heterocycles. The van der Waals surface area contributed by atoms with Gasteiger partial charge in [0.1, 0.15) is 6.04 Å². The molecule has 2 rings (SSSR count). The molecule has 0 aliphatic carbocycles. The number of aromatic nitrogens is 2. The summed E-state index contributed by atoms with van der Waals surface area (Å²) in [7, 11) is 3.84. The molecule has 1 heterocycles. The highest BCUT2D eigenvalue weighted by molar-refractivity contribution is 5.83. The molecule has 1 aromatic carbocycles. The van der Waals surface area contributed by atoms with E-state index >= 15 is 0 Å². The summed E-state index contributed by atoms with van der Waals surface area (Å²) in [5, 5.41) is 3.89. The van der Waals surface area contributed by atoms with Crippen molar-refractivity contribution >= 4 is 5.91 Å². The fraction of sp³-hybridized carbons (Fsp3) is 0.471. The average Bonchev–Trinajstić information content (AvgIpc) is 2.91. The van der Waals surface area contributed by atoms with Gasteiger partial charge in [0, 0.05) is 13.5 Å². The molecule has 1 amide bonds. The first-order chi connectivity index (χ1) is 10.9. The van der Waals surface area contributed by atoms with Gasteiger partial charge in [-0.25, -0.2) is 0 Å². The summed E-state index contributed by atoms with van der Waals surface area (Å²) in [6.45, 7) is 6.66. The SMILES string of the molecule is CCN(Cc1noc(C)n1)C(=O)[C@H](c1ccccc1C)N(C)C. The lowest BCUT2D eigenvalue weighted by atomic mass is 9.99. The van der Waals surface area contributed by atoms with E-state index in [0.717, 1.165) is 11.1 Å².